The van der Waals surface area contributed by atoms with Gasteiger partial charge in [-0.15, -0.1) is 0 Å². The molecule has 116 valence electrons. The highest BCUT2D eigenvalue weighted by Gasteiger charge is 2.36. The summed E-state index contributed by atoms with van der Waals surface area (Å²) < 4.78 is 39.9. The van der Waals surface area contributed by atoms with Gasteiger partial charge >= 0.3 is 18.0 Å². The Hall–Kier alpha value is -2.25. The summed E-state index contributed by atoms with van der Waals surface area (Å²) in [5.41, 5.74) is -0.860. The SMILES string of the molecule is O=C1N=c2cc(N3CCCCC3)c(C(F)(F)F)cc2=NC1=O. The largest absolute Gasteiger partial charge is 0.418 e. The molecular formula is C14H12F3N3O2. The summed E-state index contributed by atoms with van der Waals surface area (Å²) in [4.78, 5) is 31.0. The van der Waals surface area contributed by atoms with Crippen LogP contribution in [0, 0.1) is 0 Å². The molecule has 22 heavy (non-hydrogen) atoms. The van der Waals surface area contributed by atoms with Gasteiger partial charge in [0.05, 0.1) is 22.0 Å². The fraction of sp³-hybridized carbons (Fsp3) is 0.429. The van der Waals surface area contributed by atoms with Gasteiger partial charge < -0.3 is 4.90 Å². The first-order valence-corrected chi connectivity index (χ1v) is 6.88. The molecule has 0 radical (unpaired) electrons. The van der Waals surface area contributed by atoms with Crippen molar-refractivity contribution in [2.75, 3.05) is 18.0 Å². The van der Waals surface area contributed by atoms with Crippen molar-refractivity contribution < 1.29 is 22.8 Å². The van der Waals surface area contributed by atoms with Gasteiger partial charge in [0.1, 0.15) is 0 Å². The van der Waals surface area contributed by atoms with E-state index in [0.29, 0.717) is 13.1 Å². The summed E-state index contributed by atoms with van der Waals surface area (Å²) in [7, 11) is 0. The van der Waals surface area contributed by atoms with Gasteiger partial charge in [-0.25, -0.2) is 9.98 Å². The van der Waals surface area contributed by atoms with Gasteiger partial charge in [-0.3, -0.25) is 9.59 Å². The molecule has 0 atom stereocenters. The smallest absolute Gasteiger partial charge is 0.371 e. The second kappa shape index (κ2) is 5.19. The first-order valence-electron chi connectivity index (χ1n) is 6.88. The maximum Gasteiger partial charge on any atom is 0.418 e. The zero-order chi connectivity index (χ0) is 15.9. The number of anilines is 1. The molecule has 1 fully saturated rings. The molecule has 0 aromatic heterocycles. The highest BCUT2D eigenvalue weighted by molar-refractivity contribution is 6.36. The number of carbonyl (C=O) groups excluding carboxylic acids is 2. The van der Waals surface area contributed by atoms with E-state index in [4.69, 9.17) is 0 Å². The van der Waals surface area contributed by atoms with Crippen molar-refractivity contribution >= 4 is 17.5 Å². The molecule has 2 aliphatic heterocycles. The number of benzene rings is 1. The fourth-order valence-electron chi connectivity index (χ4n) is 2.68. The van der Waals surface area contributed by atoms with Crippen molar-refractivity contribution in [3.63, 3.8) is 0 Å². The number of fused-ring (bicyclic) bond motifs is 1. The van der Waals surface area contributed by atoms with Crippen LogP contribution >= 0.6 is 0 Å². The average molecular weight is 311 g/mol. The molecule has 1 aromatic carbocycles. The normalized spacial score (nSPS) is 18.6. The van der Waals surface area contributed by atoms with Crippen molar-refractivity contribution in [3.8, 4) is 0 Å². The third-order valence-corrected chi connectivity index (χ3v) is 3.72. The number of piperidine rings is 1. The average Bonchev–Trinajstić information content (AvgIpc) is 2.47. The molecular weight excluding hydrogens is 299 g/mol. The molecule has 0 saturated carbocycles. The Labute approximate surface area is 123 Å². The van der Waals surface area contributed by atoms with Gasteiger partial charge in [-0.1, -0.05) is 0 Å². The maximum atomic E-state index is 13.3. The highest BCUT2D eigenvalue weighted by atomic mass is 19.4. The minimum absolute atomic E-state index is 0.00736. The van der Waals surface area contributed by atoms with E-state index in [2.05, 4.69) is 9.98 Å². The van der Waals surface area contributed by atoms with Crippen LogP contribution in [0.15, 0.2) is 22.1 Å². The Morgan fingerprint density at radius 1 is 0.909 bits per heavy atom. The van der Waals surface area contributed by atoms with Crippen molar-refractivity contribution in [3.05, 3.63) is 28.4 Å². The van der Waals surface area contributed by atoms with Crippen molar-refractivity contribution in [2.45, 2.75) is 25.4 Å². The molecule has 1 aromatic rings. The summed E-state index contributed by atoms with van der Waals surface area (Å²) >= 11 is 0. The van der Waals surface area contributed by atoms with E-state index in [9.17, 15) is 22.8 Å². The van der Waals surface area contributed by atoms with Crippen molar-refractivity contribution in [2.24, 2.45) is 9.98 Å². The molecule has 0 unspecified atom stereocenters. The second-order valence-electron chi connectivity index (χ2n) is 5.24. The van der Waals surface area contributed by atoms with Crippen molar-refractivity contribution in [1.29, 1.82) is 0 Å². The molecule has 5 nitrogen and oxygen atoms in total. The summed E-state index contributed by atoms with van der Waals surface area (Å²) in [6.07, 6.45) is -1.96. The number of nitrogens with zero attached hydrogens (tertiary/aromatic N) is 3. The lowest BCUT2D eigenvalue weighted by atomic mass is 10.1. The number of halogens is 3. The van der Waals surface area contributed by atoms with Crippen LogP contribution in [0.4, 0.5) is 18.9 Å². The predicted molar refractivity (Wildman–Crippen MR) is 69.8 cm³/mol. The molecule has 1 saturated heterocycles. The van der Waals surface area contributed by atoms with Gasteiger partial charge in [0.25, 0.3) is 0 Å². The zero-order valence-electron chi connectivity index (χ0n) is 11.5. The molecule has 2 amide bonds. The van der Waals surface area contributed by atoms with Crippen LogP contribution in [0.3, 0.4) is 0 Å². The lowest BCUT2D eigenvalue weighted by Crippen LogP contribution is -2.39. The van der Waals surface area contributed by atoms with Crippen LogP contribution in [0.2, 0.25) is 0 Å². The van der Waals surface area contributed by atoms with Gasteiger partial charge in [0, 0.05) is 13.1 Å². The molecule has 2 heterocycles. The lowest BCUT2D eigenvalue weighted by molar-refractivity contribution is -0.137. The first kappa shape index (κ1) is 14.7. The number of alkyl halides is 3. The van der Waals surface area contributed by atoms with E-state index >= 15 is 0 Å². The van der Waals surface area contributed by atoms with E-state index < -0.39 is 23.6 Å². The van der Waals surface area contributed by atoms with Crippen LogP contribution in [0.25, 0.3) is 0 Å². The summed E-state index contributed by atoms with van der Waals surface area (Å²) in [5, 5.41) is -0.198. The van der Waals surface area contributed by atoms with Crippen LogP contribution in [0.1, 0.15) is 24.8 Å². The minimum Gasteiger partial charge on any atom is -0.371 e. The maximum absolute atomic E-state index is 13.3. The number of amides is 2. The Morgan fingerprint density at radius 3 is 2.00 bits per heavy atom. The molecule has 0 aliphatic carbocycles. The minimum atomic E-state index is -4.57. The molecule has 2 aliphatic rings. The highest BCUT2D eigenvalue weighted by Crippen LogP contribution is 2.36. The standard InChI is InChI=1S/C14H12F3N3O2/c15-14(16,17)8-6-9-10(19-13(22)12(21)18-9)7-11(8)20-4-2-1-3-5-20/h6-7H,1-5H2. The van der Waals surface area contributed by atoms with E-state index in [1.165, 1.54) is 6.07 Å². The monoisotopic (exact) mass is 311 g/mol. The number of carbonyl (C=O) groups is 2. The van der Waals surface area contributed by atoms with Gasteiger partial charge in [-0.05, 0) is 31.4 Å². The van der Waals surface area contributed by atoms with E-state index in [1.54, 1.807) is 4.90 Å². The van der Waals surface area contributed by atoms with Gasteiger partial charge in [0.2, 0.25) is 0 Å². The van der Waals surface area contributed by atoms with Crippen LogP contribution in [0.5, 0.6) is 0 Å². The number of rotatable bonds is 1. The third-order valence-electron chi connectivity index (χ3n) is 3.72. The Balaban J connectivity index is 2.22. The fourth-order valence-corrected chi connectivity index (χ4v) is 2.68. The summed E-state index contributed by atoms with van der Waals surface area (Å²) in [6.45, 7) is 1.04. The molecule has 0 bridgehead atoms. The second-order valence-corrected chi connectivity index (χ2v) is 5.24. The van der Waals surface area contributed by atoms with Crippen LogP contribution in [-0.2, 0) is 15.8 Å². The topological polar surface area (TPSA) is 62.1 Å². The summed E-state index contributed by atoms with van der Waals surface area (Å²) in [6, 6.07) is 2.00. The Morgan fingerprint density at radius 2 is 1.45 bits per heavy atom. The van der Waals surface area contributed by atoms with Gasteiger partial charge in [-0.2, -0.15) is 13.2 Å². The van der Waals surface area contributed by atoms with E-state index in [0.717, 1.165) is 25.3 Å². The summed E-state index contributed by atoms with van der Waals surface area (Å²) in [5.74, 6) is -2.21. The van der Waals surface area contributed by atoms with Crippen LogP contribution < -0.4 is 15.6 Å². The van der Waals surface area contributed by atoms with Crippen molar-refractivity contribution in [1.82, 2.24) is 0 Å². The molecule has 0 spiro atoms. The Kier molecular flexibility index (Phi) is 3.46. The quantitative estimate of drug-likeness (QED) is 0.727. The number of hydrogen-bond donors (Lipinski definition) is 0. The van der Waals surface area contributed by atoms with E-state index in [1.807, 2.05) is 0 Å². The van der Waals surface area contributed by atoms with Crippen LogP contribution in [-0.4, -0.2) is 24.9 Å². The zero-order valence-corrected chi connectivity index (χ0v) is 11.5. The molecule has 3 rings (SSSR count). The number of hydrogen-bond acceptors (Lipinski definition) is 3. The first-order chi connectivity index (χ1) is 10.4. The third kappa shape index (κ3) is 2.60. The lowest BCUT2D eigenvalue weighted by Gasteiger charge is -2.31. The predicted octanol–water partition coefficient (Wildman–Crippen LogP) is 1.00. The Bertz CT molecular complexity index is 765. The molecule has 8 heteroatoms. The van der Waals surface area contributed by atoms with Gasteiger partial charge in [0.15, 0.2) is 0 Å². The molecule has 0 N–H and O–H groups in total. The van der Waals surface area contributed by atoms with E-state index in [-0.39, 0.29) is 16.4 Å².